The maximum absolute atomic E-state index is 11.9. The van der Waals surface area contributed by atoms with E-state index in [4.69, 9.17) is 9.47 Å². The Morgan fingerprint density at radius 1 is 1.05 bits per heavy atom. The fourth-order valence-corrected chi connectivity index (χ4v) is 2.13. The number of rotatable bonds is 7. The Labute approximate surface area is 144 Å². The highest BCUT2D eigenvalue weighted by Gasteiger charge is 2.07. The van der Waals surface area contributed by atoms with Crippen molar-refractivity contribution in [1.82, 2.24) is 0 Å². The molecule has 0 aliphatic carbocycles. The van der Waals surface area contributed by atoms with E-state index >= 15 is 0 Å². The monoisotopic (exact) mass is 411 g/mol. The van der Waals surface area contributed by atoms with Crippen molar-refractivity contribution in [2.24, 2.45) is 0 Å². The molecule has 1 amide bonds. The third kappa shape index (κ3) is 5.22. The average Bonchev–Trinajstić information content (AvgIpc) is 2.54. The van der Waals surface area contributed by atoms with Crippen LogP contribution in [0.1, 0.15) is 13.3 Å². The number of amides is 1. The van der Waals surface area contributed by atoms with Crippen molar-refractivity contribution in [3.63, 3.8) is 0 Å². The molecule has 0 saturated heterocycles. The van der Waals surface area contributed by atoms with Crippen molar-refractivity contribution in [1.29, 1.82) is 0 Å². The molecule has 4 nitrogen and oxygen atoms in total. The normalized spacial score (nSPS) is 10.1. The zero-order valence-corrected chi connectivity index (χ0v) is 14.5. The number of hydrogen-bond donors (Lipinski definition) is 1. The van der Waals surface area contributed by atoms with Crippen LogP contribution in [0.15, 0.2) is 48.5 Å². The smallest absolute Gasteiger partial charge is 0.262 e. The van der Waals surface area contributed by atoms with Gasteiger partial charge in [0.25, 0.3) is 5.91 Å². The Hall–Kier alpha value is -1.76. The molecule has 0 heterocycles. The van der Waals surface area contributed by atoms with Crippen LogP contribution in [0.5, 0.6) is 11.5 Å². The quantitative estimate of drug-likeness (QED) is 0.699. The van der Waals surface area contributed by atoms with Crippen LogP contribution in [-0.4, -0.2) is 19.1 Å². The van der Waals surface area contributed by atoms with Gasteiger partial charge >= 0.3 is 0 Å². The highest BCUT2D eigenvalue weighted by Crippen LogP contribution is 2.26. The predicted octanol–water partition coefficient (Wildman–Crippen LogP) is 4.10. The van der Waals surface area contributed by atoms with E-state index in [1.54, 1.807) is 6.07 Å². The maximum Gasteiger partial charge on any atom is 0.262 e. The van der Waals surface area contributed by atoms with Crippen molar-refractivity contribution in [2.75, 3.05) is 18.5 Å². The first-order valence-corrected chi connectivity index (χ1v) is 8.17. The summed E-state index contributed by atoms with van der Waals surface area (Å²) in [4.78, 5) is 11.9. The van der Waals surface area contributed by atoms with Crippen LogP contribution in [0.4, 0.5) is 5.69 Å². The summed E-state index contributed by atoms with van der Waals surface area (Å²) in [6, 6.07) is 15.0. The van der Waals surface area contributed by atoms with Gasteiger partial charge in [-0.2, -0.15) is 0 Å². The lowest BCUT2D eigenvalue weighted by Gasteiger charge is -2.12. The minimum absolute atomic E-state index is 0.0571. The van der Waals surface area contributed by atoms with Crippen LogP contribution in [0.3, 0.4) is 0 Å². The molecule has 2 aromatic carbocycles. The first kappa shape index (κ1) is 16.6. The van der Waals surface area contributed by atoms with E-state index in [0.29, 0.717) is 18.1 Å². The molecule has 0 atom stereocenters. The van der Waals surface area contributed by atoms with Gasteiger partial charge in [0.15, 0.2) is 18.1 Å². The molecule has 0 aliphatic rings. The lowest BCUT2D eigenvalue weighted by atomic mass is 10.3. The number of carbonyl (C=O) groups excluding carboxylic acids is 1. The summed E-state index contributed by atoms with van der Waals surface area (Å²) >= 11 is 2.22. The molecule has 0 saturated carbocycles. The fourth-order valence-electron chi connectivity index (χ4n) is 1.77. The molecule has 2 rings (SSSR count). The number of nitrogens with one attached hydrogen (secondary N) is 1. The van der Waals surface area contributed by atoms with Gasteiger partial charge in [0.1, 0.15) is 0 Å². The number of para-hydroxylation sites is 2. The molecule has 0 aliphatic heterocycles. The van der Waals surface area contributed by atoms with E-state index < -0.39 is 0 Å². The summed E-state index contributed by atoms with van der Waals surface area (Å²) in [6.45, 7) is 2.60. The number of ether oxygens (including phenoxy) is 2. The predicted molar refractivity (Wildman–Crippen MR) is 95.5 cm³/mol. The largest absolute Gasteiger partial charge is 0.490 e. The first-order chi connectivity index (χ1) is 10.7. The first-order valence-electron chi connectivity index (χ1n) is 7.09. The van der Waals surface area contributed by atoms with Crippen LogP contribution in [0.2, 0.25) is 0 Å². The van der Waals surface area contributed by atoms with Crippen LogP contribution >= 0.6 is 22.6 Å². The molecule has 0 aromatic heterocycles. The van der Waals surface area contributed by atoms with Gasteiger partial charge < -0.3 is 14.8 Å². The van der Waals surface area contributed by atoms with Gasteiger partial charge in [0.05, 0.1) is 6.61 Å². The number of benzene rings is 2. The number of carbonyl (C=O) groups is 1. The van der Waals surface area contributed by atoms with E-state index in [-0.39, 0.29) is 12.5 Å². The number of halogens is 1. The molecular formula is C17H18INO3. The van der Waals surface area contributed by atoms with Crippen LogP contribution in [-0.2, 0) is 4.79 Å². The third-order valence-electron chi connectivity index (χ3n) is 2.80. The summed E-state index contributed by atoms with van der Waals surface area (Å²) < 4.78 is 12.3. The Balaban J connectivity index is 1.89. The Morgan fingerprint density at radius 2 is 1.68 bits per heavy atom. The fraction of sp³-hybridized carbons (Fsp3) is 0.235. The minimum atomic E-state index is -0.202. The topological polar surface area (TPSA) is 47.6 Å². The van der Waals surface area contributed by atoms with Gasteiger partial charge in [0.2, 0.25) is 0 Å². The van der Waals surface area contributed by atoms with Gasteiger partial charge in [-0.05, 0) is 65.4 Å². The third-order valence-corrected chi connectivity index (χ3v) is 3.52. The SMILES string of the molecule is CCCOc1ccccc1OCC(=O)Nc1ccc(I)cc1. The second kappa shape index (κ2) is 8.63. The zero-order chi connectivity index (χ0) is 15.8. The molecule has 116 valence electrons. The number of hydrogen-bond acceptors (Lipinski definition) is 3. The highest BCUT2D eigenvalue weighted by atomic mass is 127. The molecule has 2 aromatic rings. The molecule has 0 radical (unpaired) electrons. The molecule has 1 N–H and O–H groups in total. The van der Waals surface area contributed by atoms with Gasteiger partial charge in [0, 0.05) is 9.26 Å². The highest BCUT2D eigenvalue weighted by molar-refractivity contribution is 14.1. The Kier molecular flexibility index (Phi) is 6.51. The molecular weight excluding hydrogens is 393 g/mol. The maximum atomic E-state index is 11.9. The zero-order valence-electron chi connectivity index (χ0n) is 12.3. The molecule has 0 bridgehead atoms. The Bertz CT molecular complexity index is 614. The van der Waals surface area contributed by atoms with Crippen molar-refractivity contribution in [3.8, 4) is 11.5 Å². The van der Waals surface area contributed by atoms with E-state index in [0.717, 1.165) is 15.7 Å². The summed E-state index contributed by atoms with van der Waals surface area (Å²) in [5.74, 6) is 1.03. The van der Waals surface area contributed by atoms with Crippen LogP contribution in [0, 0.1) is 3.57 Å². The molecule has 5 heteroatoms. The van der Waals surface area contributed by atoms with Crippen molar-refractivity contribution in [3.05, 3.63) is 52.1 Å². The average molecular weight is 411 g/mol. The van der Waals surface area contributed by atoms with Crippen molar-refractivity contribution in [2.45, 2.75) is 13.3 Å². The van der Waals surface area contributed by atoms with E-state index in [2.05, 4.69) is 27.9 Å². The second-order valence-electron chi connectivity index (χ2n) is 4.64. The van der Waals surface area contributed by atoms with Gasteiger partial charge in [-0.1, -0.05) is 19.1 Å². The summed E-state index contributed by atoms with van der Waals surface area (Å²) in [6.07, 6.45) is 0.918. The van der Waals surface area contributed by atoms with E-state index in [1.165, 1.54) is 0 Å². The van der Waals surface area contributed by atoms with Crippen LogP contribution < -0.4 is 14.8 Å². The van der Waals surface area contributed by atoms with Gasteiger partial charge in [-0.3, -0.25) is 4.79 Å². The lowest BCUT2D eigenvalue weighted by molar-refractivity contribution is -0.118. The Morgan fingerprint density at radius 3 is 2.32 bits per heavy atom. The molecule has 0 spiro atoms. The number of anilines is 1. The van der Waals surface area contributed by atoms with Crippen molar-refractivity contribution >= 4 is 34.2 Å². The minimum Gasteiger partial charge on any atom is -0.490 e. The molecule has 0 fully saturated rings. The molecule has 0 unspecified atom stereocenters. The standard InChI is InChI=1S/C17H18INO3/c1-2-11-21-15-5-3-4-6-16(15)22-12-17(20)19-14-9-7-13(18)8-10-14/h3-10H,2,11-12H2,1H3,(H,19,20). The van der Waals surface area contributed by atoms with E-state index in [9.17, 15) is 4.79 Å². The summed E-state index contributed by atoms with van der Waals surface area (Å²) in [5, 5.41) is 2.79. The van der Waals surface area contributed by atoms with Crippen LogP contribution in [0.25, 0.3) is 0 Å². The van der Waals surface area contributed by atoms with Gasteiger partial charge in [-0.25, -0.2) is 0 Å². The summed E-state index contributed by atoms with van der Waals surface area (Å²) in [5.41, 5.74) is 0.754. The summed E-state index contributed by atoms with van der Waals surface area (Å²) in [7, 11) is 0. The lowest BCUT2D eigenvalue weighted by Crippen LogP contribution is -2.20. The van der Waals surface area contributed by atoms with Gasteiger partial charge in [-0.15, -0.1) is 0 Å². The second-order valence-corrected chi connectivity index (χ2v) is 5.88. The van der Waals surface area contributed by atoms with Crippen molar-refractivity contribution < 1.29 is 14.3 Å². The van der Waals surface area contributed by atoms with E-state index in [1.807, 2.05) is 49.4 Å². The molecule has 22 heavy (non-hydrogen) atoms.